The van der Waals surface area contributed by atoms with E-state index in [0.29, 0.717) is 0 Å². The predicted octanol–water partition coefficient (Wildman–Crippen LogP) is -0.194. The van der Waals surface area contributed by atoms with Gasteiger partial charge in [0.2, 0.25) is 0 Å². The second-order valence-electron chi connectivity index (χ2n) is 0.906. The van der Waals surface area contributed by atoms with E-state index in [1.165, 1.54) is 5.32 Å². The number of carbonyl (C=O) groups is 2. The van der Waals surface area contributed by atoms with Gasteiger partial charge in [0, 0.05) is 0 Å². The van der Waals surface area contributed by atoms with Crippen molar-refractivity contribution in [1.29, 1.82) is 5.53 Å². The smallest absolute Gasteiger partial charge is 0.351 e. The minimum atomic E-state index is -1.06. The summed E-state index contributed by atoms with van der Waals surface area (Å²) in [6.07, 6.45) is 0. The number of rotatable bonds is 0. The van der Waals surface area contributed by atoms with Crippen LogP contribution in [-0.2, 0) is 0 Å². The summed E-state index contributed by atoms with van der Waals surface area (Å²) < 4.78 is 0. The van der Waals surface area contributed by atoms with E-state index in [1.807, 2.05) is 0 Å². The normalized spacial score (nSPS) is 7.50. The molecule has 4 N–H and O–H groups in total. The Hall–Kier alpha value is -1.46. The Morgan fingerprint density at radius 1 is 1.62 bits per heavy atom. The minimum absolute atomic E-state index is 1.01. The zero-order valence-corrected chi connectivity index (χ0v) is 3.84. The number of nitrogens with zero attached hydrogens (tertiary/aromatic N) is 1. The molecular formula is C2H4N4O2. The Labute approximate surface area is 44.6 Å². The SMILES string of the molecule is N=NC(=O)NC(N)=O. The predicted molar refractivity (Wildman–Crippen MR) is 23.3 cm³/mol. The molecule has 0 aliphatic carbocycles. The number of nitrogens with two attached hydrogens (primary N) is 1. The lowest BCUT2D eigenvalue weighted by Crippen LogP contribution is -2.32. The van der Waals surface area contributed by atoms with Gasteiger partial charge in [-0.25, -0.2) is 9.59 Å². The van der Waals surface area contributed by atoms with E-state index >= 15 is 0 Å². The molecule has 6 heteroatoms. The number of imide groups is 1. The van der Waals surface area contributed by atoms with Crippen molar-refractivity contribution in [3.63, 3.8) is 0 Å². The van der Waals surface area contributed by atoms with Crippen LogP contribution in [0.2, 0.25) is 0 Å². The summed E-state index contributed by atoms with van der Waals surface area (Å²) in [5.41, 5.74) is 10.5. The highest BCUT2D eigenvalue weighted by molar-refractivity contribution is 5.92. The second-order valence-corrected chi connectivity index (χ2v) is 0.906. The van der Waals surface area contributed by atoms with Crippen LogP contribution in [0.4, 0.5) is 9.59 Å². The van der Waals surface area contributed by atoms with Crippen LogP contribution in [0.15, 0.2) is 5.11 Å². The van der Waals surface area contributed by atoms with Crippen LogP contribution in [0.3, 0.4) is 0 Å². The van der Waals surface area contributed by atoms with Gasteiger partial charge in [-0.15, -0.1) is 0 Å². The van der Waals surface area contributed by atoms with Crippen LogP contribution in [0, 0.1) is 5.53 Å². The van der Waals surface area contributed by atoms with Gasteiger partial charge < -0.3 is 5.73 Å². The molecule has 8 heavy (non-hydrogen) atoms. The average Bonchev–Trinajstić information content (AvgIpc) is 1.65. The highest BCUT2D eigenvalue weighted by Gasteiger charge is 1.97. The molecule has 0 aliphatic rings. The maximum Gasteiger partial charge on any atom is 0.367 e. The number of primary amides is 1. The lowest BCUT2D eigenvalue weighted by Gasteiger charge is -1.87. The molecule has 0 fully saturated rings. The number of hydrogen-bond acceptors (Lipinski definition) is 3. The summed E-state index contributed by atoms with van der Waals surface area (Å²) in [7, 11) is 0. The summed E-state index contributed by atoms with van der Waals surface area (Å²) in [6, 6.07) is -2.07. The molecule has 0 heterocycles. The summed E-state index contributed by atoms with van der Waals surface area (Å²) in [6.45, 7) is 0. The first-order chi connectivity index (χ1) is 3.66. The second kappa shape index (κ2) is 2.67. The summed E-state index contributed by atoms with van der Waals surface area (Å²) in [4.78, 5) is 19.6. The van der Waals surface area contributed by atoms with Crippen LogP contribution < -0.4 is 11.1 Å². The van der Waals surface area contributed by atoms with Gasteiger partial charge in [0.05, 0.1) is 0 Å². The molecule has 0 aliphatic heterocycles. The molecule has 0 bridgehead atoms. The Balaban J connectivity index is 3.55. The maximum absolute atomic E-state index is 9.86. The van der Waals surface area contributed by atoms with Gasteiger partial charge in [-0.3, -0.25) is 5.32 Å². The molecule has 4 amide bonds. The van der Waals surface area contributed by atoms with Crippen molar-refractivity contribution in [2.45, 2.75) is 0 Å². The molecule has 0 aromatic carbocycles. The van der Waals surface area contributed by atoms with Crippen LogP contribution in [-0.4, -0.2) is 12.1 Å². The quantitative estimate of drug-likeness (QED) is 0.381. The van der Waals surface area contributed by atoms with Gasteiger partial charge >= 0.3 is 12.1 Å². The van der Waals surface area contributed by atoms with Gasteiger partial charge in [-0.2, -0.15) is 5.53 Å². The minimum Gasteiger partial charge on any atom is -0.351 e. The molecule has 0 aromatic rings. The third kappa shape index (κ3) is 2.76. The summed E-state index contributed by atoms with van der Waals surface area (Å²) >= 11 is 0. The van der Waals surface area contributed by atoms with Crippen molar-refractivity contribution >= 4 is 12.1 Å². The number of amides is 4. The monoisotopic (exact) mass is 116 g/mol. The standard InChI is InChI=1S/C2H4N4O2/c3-1(7)5-2(8)6-4/h4H,(H3,3,5,7,8). The first-order valence-corrected chi connectivity index (χ1v) is 1.64. The van der Waals surface area contributed by atoms with E-state index < -0.39 is 12.1 Å². The zero-order valence-electron chi connectivity index (χ0n) is 3.84. The molecule has 0 rings (SSSR count). The van der Waals surface area contributed by atoms with Crippen molar-refractivity contribution in [2.75, 3.05) is 0 Å². The van der Waals surface area contributed by atoms with E-state index in [2.05, 4.69) is 10.8 Å². The van der Waals surface area contributed by atoms with Gasteiger partial charge in [0.1, 0.15) is 0 Å². The summed E-state index contributed by atoms with van der Waals surface area (Å²) in [5, 5.41) is 3.87. The Bertz CT molecular complexity index is 130. The Morgan fingerprint density at radius 2 is 2.12 bits per heavy atom. The fourth-order valence-corrected chi connectivity index (χ4v) is 0.133. The van der Waals surface area contributed by atoms with Gasteiger partial charge in [0.25, 0.3) is 0 Å². The first-order valence-electron chi connectivity index (χ1n) is 1.64. The maximum atomic E-state index is 9.86. The van der Waals surface area contributed by atoms with Gasteiger partial charge in [0.15, 0.2) is 0 Å². The van der Waals surface area contributed by atoms with E-state index in [-0.39, 0.29) is 0 Å². The van der Waals surface area contributed by atoms with E-state index in [9.17, 15) is 9.59 Å². The number of carbonyl (C=O) groups excluding carboxylic acids is 2. The molecule has 0 saturated heterocycles. The molecule has 0 aromatic heterocycles. The lowest BCUT2D eigenvalue weighted by molar-refractivity contribution is 0.235. The van der Waals surface area contributed by atoms with E-state index in [0.717, 1.165) is 0 Å². The van der Waals surface area contributed by atoms with Crippen molar-refractivity contribution < 1.29 is 9.59 Å². The highest BCUT2D eigenvalue weighted by atomic mass is 16.2. The Morgan fingerprint density at radius 3 is 2.25 bits per heavy atom. The first kappa shape index (κ1) is 6.54. The molecule has 0 unspecified atom stereocenters. The third-order valence-electron chi connectivity index (χ3n) is 0.332. The number of urea groups is 2. The summed E-state index contributed by atoms with van der Waals surface area (Å²) in [5.74, 6) is 0. The Kier molecular flexibility index (Phi) is 2.18. The molecule has 6 nitrogen and oxygen atoms in total. The van der Waals surface area contributed by atoms with Gasteiger partial charge in [-0.05, 0) is 0 Å². The van der Waals surface area contributed by atoms with E-state index in [1.54, 1.807) is 0 Å². The fraction of sp³-hybridized carbons (Fsp3) is 0. The number of hydrogen-bond donors (Lipinski definition) is 3. The van der Waals surface area contributed by atoms with Crippen LogP contribution in [0.5, 0.6) is 0 Å². The molecular weight excluding hydrogens is 112 g/mol. The van der Waals surface area contributed by atoms with Gasteiger partial charge in [-0.1, -0.05) is 5.11 Å². The van der Waals surface area contributed by atoms with Crippen molar-refractivity contribution in [3.8, 4) is 0 Å². The van der Waals surface area contributed by atoms with Crippen LogP contribution >= 0.6 is 0 Å². The molecule has 0 radical (unpaired) electrons. The highest BCUT2D eigenvalue weighted by Crippen LogP contribution is 1.67. The van der Waals surface area contributed by atoms with Crippen molar-refractivity contribution in [3.05, 3.63) is 0 Å². The van der Waals surface area contributed by atoms with Crippen molar-refractivity contribution in [1.82, 2.24) is 5.32 Å². The lowest BCUT2D eigenvalue weighted by atomic mass is 10.9. The van der Waals surface area contributed by atoms with Crippen LogP contribution in [0.1, 0.15) is 0 Å². The van der Waals surface area contributed by atoms with Crippen molar-refractivity contribution in [2.24, 2.45) is 10.8 Å². The fourth-order valence-electron chi connectivity index (χ4n) is 0.133. The van der Waals surface area contributed by atoms with Crippen LogP contribution in [0.25, 0.3) is 0 Å². The topological polar surface area (TPSA) is 108 Å². The average molecular weight is 116 g/mol. The molecule has 44 valence electrons. The molecule has 0 spiro atoms. The third-order valence-corrected chi connectivity index (χ3v) is 0.332. The largest absolute Gasteiger partial charge is 0.367 e. The molecule has 0 atom stereocenters. The number of nitrogens with one attached hydrogen (secondary N) is 2. The van der Waals surface area contributed by atoms with E-state index in [4.69, 9.17) is 5.53 Å². The molecule has 0 saturated carbocycles. The zero-order chi connectivity index (χ0) is 6.57.